The fourth-order valence-electron chi connectivity index (χ4n) is 2.55. The topological polar surface area (TPSA) is 86.8 Å². The molecule has 0 bridgehead atoms. The normalized spacial score (nSPS) is 23.9. The molecule has 2 heterocycles. The predicted octanol–water partition coefficient (Wildman–Crippen LogP) is 0.103. The van der Waals surface area contributed by atoms with E-state index >= 15 is 0 Å². The van der Waals surface area contributed by atoms with Crippen molar-refractivity contribution in [3.63, 3.8) is 0 Å². The lowest BCUT2D eigenvalue weighted by Gasteiger charge is -2.32. The van der Waals surface area contributed by atoms with Gasteiger partial charge >= 0.3 is 6.03 Å². The molecule has 1 atom stereocenters. The first-order valence-corrected chi connectivity index (χ1v) is 6.98. The van der Waals surface area contributed by atoms with Gasteiger partial charge < -0.3 is 4.90 Å². The maximum Gasteiger partial charge on any atom is 0.331 e. The third-order valence-electron chi connectivity index (χ3n) is 3.77. The number of barbiturate groups is 1. The SMILES string of the molecule is CCC1C(=O)NC(=O)N(CC(=O)N2CCCCC2)C1=O. The van der Waals surface area contributed by atoms with Gasteiger partial charge in [-0.25, -0.2) is 4.79 Å². The van der Waals surface area contributed by atoms with Gasteiger partial charge in [-0.1, -0.05) is 6.92 Å². The molecule has 7 nitrogen and oxygen atoms in total. The number of rotatable bonds is 3. The van der Waals surface area contributed by atoms with Crippen molar-refractivity contribution >= 4 is 23.8 Å². The average Bonchev–Trinajstić information content (AvgIpc) is 2.44. The first kappa shape index (κ1) is 14.5. The fourth-order valence-corrected chi connectivity index (χ4v) is 2.55. The van der Waals surface area contributed by atoms with Crippen LogP contribution >= 0.6 is 0 Å². The van der Waals surface area contributed by atoms with Gasteiger partial charge in [-0.15, -0.1) is 0 Å². The molecule has 20 heavy (non-hydrogen) atoms. The lowest BCUT2D eigenvalue weighted by molar-refractivity contribution is -0.147. The fraction of sp³-hybridized carbons (Fsp3) is 0.692. The Hall–Kier alpha value is -1.92. The van der Waals surface area contributed by atoms with Crippen LogP contribution in [0.5, 0.6) is 0 Å². The number of piperidine rings is 1. The average molecular weight is 281 g/mol. The molecule has 1 unspecified atom stereocenters. The highest BCUT2D eigenvalue weighted by Gasteiger charge is 2.40. The molecular weight excluding hydrogens is 262 g/mol. The van der Waals surface area contributed by atoms with Crippen LogP contribution in [0.3, 0.4) is 0 Å². The smallest absolute Gasteiger partial charge is 0.331 e. The Bertz CT molecular complexity index is 443. The van der Waals surface area contributed by atoms with Crippen LogP contribution in [0.2, 0.25) is 0 Å². The minimum absolute atomic E-state index is 0.239. The summed E-state index contributed by atoms with van der Waals surface area (Å²) in [6.07, 6.45) is 3.30. The Morgan fingerprint density at radius 1 is 1.20 bits per heavy atom. The van der Waals surface area contributed by atoms with Crippen LogP contribution in [0.15, 0.2) is 0 Å². The Labute approximate surface area is 117 Å². The molecule has 7 heteroatoms. The highest BCUT2D eigenvalue weighted by atomic mass is 16.2. The second-order valence-electron chi connectivity index (χ2n) is 5.12. The zero-order chi connectivity index (χ0) is 14.7. The number of urea groups is 1. The van der Waals surface area contributed by atoms with Crippen LogP contribution < -0.4 is 5.32 Å². The van der Waals surface area contributed by atoms with Crippen molar-refractivity contribution in [2.24, 2.45) is 5.92 Å². The van der Waals surface area contributed by atoms with E-state index in [1.165, 1.54) is 0 Å². The molecule has 0 spiro atoms. The van der Waals surface area contributed by atoms with Gasteiger partial charge in [-0.05, 0) is 25.7 Å². The molecule has 0 aromatic heterocycles. The number of nitrogens with zero attached hydrogens (tertiary/aromatic N) is 2. The lowest BCUT2D eigenvalue weighted by Crippen LogP contribution is -2.60. The Kier molecular flexibility index (Phi) is 4.36. The number of likely N-dealkylation sites (tertiary alicyclic amines) is 1. The maximum absolute atomic E-state index is 12.1. The summed E-state index contributed by atoms with van der Waals surface area (Å²) in [5, 5.41) is 2.13. The van der Waals surface area contributed by atoms with E-state index in [4.69, 9.17) is 0 Å². The van der Waals surface area contributed by atoms with E-state index in [1.807, 2.05) is 0 Å². The van der Waals surface area contributed by atoms with Crippen molar-refractivity contribution in [3.05, 3.63) is 0 Å². The van der Waals surface area contributed by atoms with Crippen molar-refractivity contribution < 1.29 is 19.2 Å². The van der Waals surface area contributed by atoms with Crippen LogP contribution in [0.4, 0.5) is 4.79 Å². The van der Waals surface area contributed by atoms with Crippen LogP contribution in [0, 0.1) is 5.92 Å². The third-order valence-corrected chi connectivity index (χ3v) is 3.77. The standard InChI is InChI=1S/C13H19N3O4/c1-2-9-11(18)14-13(20)16(12(9)19)8-10(17)15-6-4-3-5-7-15/h9H,2-8H2,1H3,(H,14,18,20). The molecule has 0 aromatic rings. The number of carbonyl (C=O) groups excluding carboxylic acids is 4. The zero-order valence-corrected chi connectivity index (χ0v) is 11.6. The van der Waals surface area contributed by atoms with E-state index in [1.54, 1.807) is 11.8 Å². The Morgan fingerprint density at radius 3 is 2.45 bits per heavy atom. The molecule has 2 saturated heterocycles. The van der Waals surface area contributed by atoms with Gasteiger partial charge in [0.1, 0.15) is 12.5 Å². The monoisotopic (exact) mass is 281 g/mol. The predicted molar refractivity (Wildman–Crippen MR) is 69.5 cm³/mol. The third kappa shape index (κ3) is 2.81. The molecular formula is C13H19N3O4. The van der Waals surface area contributed by atoms with Crippen LogP contribution in [0.1, 0.15) is 32.6 Å². The van der Waals surface area contributed by atoms with Crippen LogP contribution in [0.25, 0.3) is 0 Å². The minimum Gasteiger partial charge on any atom is -0.341 e. The Morgan fingerprint density at radius 2 is 1.85 bits per heavy atom. The molecule has 1 N–H and O–H groups in total. The second-order valence-corrected chi connectivity index (χ2v) is 5.12. The molecule has 110 valence electrons. The van der Waals surface area contributed by atoms with Gasteiger partial charge in [0, 0.05) is 13.1 Å². The number of nitrogens with one attached hydrogen (secondary N) is 1. The first-order chi connectivity index (χ1) is 9.54. The van der Waals surface area contributed by atoms with Crippen molar-refractivity contribution in [2.45, 2.75) is 32.6 Å². The molecule has 2 rings (SSSR count). The maximum atomic E-state index is 12.1. The molecule has 2 fully saturated rings. The quantitative estimate of drug-likeness (QED) is 0.743. The van der Waals surface area contributed by atoms with Gasteiger partial charge in [0.25, 0.3) is 0 Å². The van der Waals surface area contributed by atoms with E-state index in [-0.39, 0.29) is 12.5 Å². The molecule has 5 amide bonds. The van der Waals surface area contributed by atoms with Gasteiger partial charge in [0.15, 0.2) is 0 Å². The summed E-state index contributed by atoms with van der Waals surface area (Å²) >= 11 is 0. The minimum atomic E-state index is -0.873. The molecule has 0 radical (unpaired) electrons. The lowest BCUT2D eigenvalue weighted by atomic mass is 10.0. The Balaban J connectivity index is 2.03. The molecule has 0 aliphatic carbocycles. The summed E-state index contributed by atoms with van der Waals surface area (Å²) in [5.41, 5.74) is 0. The number of hydrogen-bond donors (Lipinski definition) is 1. The number of carbonyl (C=O) groups is 4. The molecule has 2 aliphatic heterocycles. The van der Waals surface area contributed by atoms with Gasteiger partial charge in [-0.2, -0.15) is 0 Å². The van der Waals surface area contributed by atoms with E-state index in [0.717, 1.165) is 24.2 Å². The van der Waals surface area contributed by atoms with Crippen molar-refractivity contribution in [2.75, 3.05) is 19.6 Å². The van der Waals surface area contributed by atoms with E-state index in [9.17, 15) is 19.2 Å². The highest BCUT2D eigenvalue weighted by molar-refractivity contribution is 6.17. The van der Waals surface area contributed by atoms with Crippen LogP contribution in [-0.2, 0) is 14.4 Å². The largest absolute Gasteiger partial charge is 0.341 e. The summed E-state index contributed by atoms with van der Waals surface area (Å²) in [7, 11) is 0. The number of amides is 5. The van der Waals surface area contributed by atoms with Crippen molar-refractivity contribution in [1.82, 2.24) is 15.1 Å². The summed E-state index contributed by atoms with van der Waals surface area (Å²) in [5.74, 6) is -2.27. The molecule has 0 saturated carbocycles. The van der Waals surface area contributed by atoms with E-state index in [2.05, 4.69) is 5.32 Å². The number of imide groups is 2. The summed E-state index contributed by atoms with van der Waals surface area (Å²) in [6.45, 7) is 2.74. The highest BCUT2D eigenvalue weighted by Crippen LogP contribution is 2.15. The zero-order valence-electron chi connectivity index (χ0n) is 11.6. The summed E-state index contributed by atoms with van der Waals surface area (Å²) < 4.78 is 0. The summed E-state index contributed by atoms with van der Waals surface area (Å²) in [4.78, 5) is 49.9. The first-order valence-electron chi connectivity index (χ1n) is 6.98. The van der Waals surface area contributed by atoms with Gasteiger partial charge in [0.2, 0.25) is 17.7 Å². The van der Waals surface area contributed by atoms with Gasteiger partial charge in [-0.3, -0.25) is 24.6 Å². The van der Waals surface area contributed by atoms with Gasteiger partial charge in [0.05, 0.1) is 0 Å². The summed E-state index contributed by atoms with van der Waals surface area (Å²) in [6, 6.07) is -0.796. The van der Waals surface area contributed by atoms with E-state index in [0.29, 0.717) is 19.5 Å². The molecule has 0 aromatic carbocycles. The second kappa shape index (κ2) is 6.02. The van der Waals surface area contributed by atoms with Crippen molar-refractivity contribution in [1.29, 1.82) is 0 Å². The van der Waals surface area contributed by atoms with Crippen LogP contribution in [-0.4, -0.2) is 53.2 Å². The van der Waals surface area contributed by atoms with E-state index < -0.39 is 23.8 Å². The molecule has 2 aliphatic rings. The van der Waals surface area contributed by atoms with Crippen molar-refractivity contribution in [3.8, 4) is 0 Å². The number of hydrogen-bond acceptors (Lipinski definition) is 4.